The number of nitro groups is 1. The van der Waals surface area contributed by atoms with Gasteiger partial charge in [0.05, 0.1) is 9.83 Å². The summed E-state index contributed by atoms with van der Waals surface area (Å²) in [5, 5.41) is 12.1. The van der Waals surface area contributed by atoms with Crippen LogP contribution in [-0.2, 0) is 11.3 Å². The number of likely N-dealkylation sites (N-methyl/N-ethyl adjacent to an activating group) is 1. The lowest BCUT2D eigenvalue weighted by molar-refractivity contribution is -0.384. The van der Waals surface area contributed by atoms with Gasteiger partial charge in [0.15, 0.2) is 0 Å². The van der Waals surface area contributed by atoms with Crippen molar-refractivity contribution < 1.29 is 9.72 Å². The molecule has 0 unspecified atom stereocenters. The van der Waals surface area contributed by atoms with Gasteiger partial charge in [-0.3, -0.25) is 19.8 Å². The van der Waals surface area contributed by atoms with Gasteiger partial charge < -0.3 is 4.57 Å². The van der Waals surface area contributed by atoms with E-state index in [1.807, 2.05) is 54.1 Å². The predicted octanol–water partition coefficient (Wildman–Crippen LogP) is 4.82. The van der Waals surface area contributed by atoms with Crippen molar-refractivity contribution in [1.82, 2.24) is 9.47 Å². The molecule has 0 bridgehead atoms. The molecule has 1 aromatic heterocycles. The molecule has 0 spiro atoms. The summed E-state index contributed by atoms with van der Waals surface area (Å²) >= 11 is 6.61. The molecule has 8 heteroatoms. The number of amides is 1. The zero-order valence-electron chi connectivity index (χ0n) is 15.6. The lowest BCUT2D eigenvalue weighted by Crippen LogP contribution is -2.27. The van der Waals surface area contributed by atoms with Crippen molar-refractivity contribution in [1.29, 1.82) is 0 Å². The third kappa shape index (κ3) is 3.68. The molecule has 6 nitrogen and oxygen atoms in total. The highest BCUT2D eigenvalue weighted by Gasteiger charge is 2.30. The minimum absolute atomic E-state index is 0.0713. The highest BCUT2D eigenvalue weighted by Crippen LogP contribution is 2.34. The Hall–Kier alpha value is -2.97. The van der Waals surface area contributed by atoms with Crippen molar-refractivity contribution in [2.75, 3.05) is 6.54 Å². The second kappa shape index (κ2) is 7.81. The monoisotopic (exact) mass is 423 g/mol. The fraction of sp³-hybridized carbons (Fsp3) is 0.143. The average molecular weight is 424 g/mol. The molecule has 1 amide bonds. The van der Waals surface area contributed by atoms with Crippen LogP contribution in [0.5, 0.6) is 0 Å². The number of hydrogen-bond donors (Lipinski definition) is 0. The van der Waals surface area contributed by atoms with Gasteiger partial charge in [0.2, 0.25) is 0 Å². The van der Waals surface area contributed by atoms with E-state index in [0.717, 1.165) is 22.0 Å². The van der Waals surface area contributed by atoms with Crippen molar-refractivity contribution in [3.05, 3.63) is 80.9 Å². The van der Waals surface area contributed by atoms with E-state index in [2.05, 4.69) is 0 Å². The van der Waals surface area contributed by atoms with Crippen molar-refractivity contribution in [2.45, 2.75) is 13.5 Å². The minimum Gasteiger partial charge on any atom is -0.342 e. The Morgan fingerprint density at radius 3 is 2.72 bits per heavy atom. The second-order valence-corrected chi connectivity index (χ2v) is 8.26. The fourth-order valence-electron chi connectivity index (χ4n) is 3.40. The van der Waals surface area contributed by atoms with E-state index in [9.17, 15) is 14.9 Å². The minimum atomic E-state index is -0.390. The van der Waals surface area contributed by atoms with Gasteiger partial charge in [0.1, 0.15) is 4.32 Å². The van der Waals surface area contributed by atoms with Crippen LogP contribution in [0.25, 0.3) is 17.0 Å². The molecular formula is C21H17N3O3S2. The maximum Gasteiger partial charge on any atom is 0.269 e. The van der Waals surface area contributed by atoms with E-state index in [4.69, 9.17) is 12.2 Å². The average Bonchev–Trinajstić information content (AvgIpc) is 3.19. The molecule has 2 aromatic carbocycles. The lowest BCUT2D eigenvalue weighted by Gasteiger charge is -2.09. The number of thioether (sulfide) groups is 1. The van der Waals surface area contributed by atoms with Crippen molar-refractivity contribution in [2.24, 2.45) is 0 Å². The van der Waals surface area contributed by atoms with Crippen LogP contribution in [-0.4, -0.2) is 31.2 Å². The number of carbonyl (C=O) groups excluding carboxylic acids is 1. The number of fused-ring (bicyclic) bond motifs is 1. The Bertz CT molecular complexity index is 1180. The van der Waals surface area contributed by atoms with Crippen LogP contribution in [0.2, 0.25) is 0 Å². The molecule has 1 fully saturated rings. The number of carbonyl (C=O) groups is 1. The Kier molecular flexibility index (Phi) is 5.21. The number of aromatic nitrogens is 1. The number of non-ortho nitro benzene ring substituents is 1. The van der Waals surface area contributed by atoms with Gasteiger partial charge in [-0.05, 0) is 24.6 Å². The van der Waals surface area contributed by atoms with Crippen LogP contribution in [0.1, 0.15) is 18.1 Å². The second-order valence-electron chi connectivity index (χ2n) is 6.58. The lowest BCUT2D eigenvalue weighted by atomic mass is 10.1. The van der Waals surface area contributed by atoms with Gasteiger partial charge in [0.25, 0.3) is 11.6 Å². The van der Waals surface area contributed by atoms with Gasteiger partial charge >= 0.3 is 0 Å². The van der Waals surface area contributed by atoms with Crippen LogP contribution < -0.4 is 0 Å². The van der Waals surface area contributed by atoms with E-state index < -0.39 is 4.92 Å². The van der Waals surface area contributed by atoms with Gasteiger partial charge in [0, 0.05) is 47.9 Å². The number of benzene rings is 2. The normalized spacial score (nSPS) is 15.6. The summed E-state index contributed by atoms with van der Waals surface area (Å²) in [6, 6.07) is 14.5. The number of thiocarbonyl (C=S) groups is 1. The Morgan fingerprint density at radius 2 is 2.00 bits per heavy atom. The summed E-state index contributed by atoms with van der Waals surface area (Å²) < 4.78 is 2.62. The van der Waals surface area contributed by atoms with Gasteiger partial charge in [-0.25, -0.2) is 0 Å². The number of hydrogen-bond acceptors (Lipinski definition) is 5. The number of rotatable bonds is 5. The molecule has 0 aliphatic carbocycles. The smallest absolute Gasteiger partial charge is 0.269 e. The zero-order valence-corrected chi connectivity index (χ0v) is 17.2. The maximum absolute atomic E-state index is 12.6. The third-order valence-corrected chi connectivity index (χ3v) is 6.15. The molecule has 2 heterocycles. The summed E-state index contributed by atoms with van der Waals surface area (Å²) in [6.45, 7) is 2.95. The van der Waals surface area contributed by atoms with Crippen LogP contribution in [0.4, 0.5) is 5.69 Å². The van der Waals surface area contributed by atoms with E-state index in [1.165, 1.54) is 17.8 Å². The first-order valence-electron chi connectivity index (χ1n) is 9.04. The Balaban J connectivity index is 1.74. The number of para-hydroxylation sites is 1. The van der Waals surface area contributed by atoms with E-state index >= 15 is 0 Å². The maximum atomic E-state index is 12.6. The molecule has 0 atom stereocenters. The SMILES string of the molecule is CCN1C(=O)/C(=C/c2cn(Cc3cccc([N+](=O)[O-])c3)c3ccccc23)SC1=S. The van der Waals surface area contributed by atoms with Gasteiger partial charge in [-0.15, -0.1) is 0 Å². The topological polar surface area (TPSA) is 68.4 Å². The summed E-state index contributed by atoms with van der Waals surface area (Å²) in [6.07, 6.45) is 3.85. The molecule has 29 heavy (non-hydrogen) atoms. The summed E-state index contributed by atoms with van der Waals surface area (Å²) in [5.41, 5.74) is 2.82. The van der Waals surface area contributed by atoms with Crippen LogP contribution in [0, 0.1) is 10.1 Å². The molecule has 0 radical (unpaired) electrons. The molecule has 1 aliphatic heterocycles. The van der Waals surface area contributed by atoms with Crippen molar-refractivity contribution >= 4 is 56.9 Å². The molecule has 1 saturated heterocycles. The first-order valence-corrected chi connectivity index (χ1v) is 10.3. The summed E-state index contributed by atoms with van der Waals surface area (Å²) in [4.78, 5) is 25.4. The predicted molar refractivity (Wildman–Crippen MR) is 120 cm³/mol. The molecule has 0 saturated carbocycles. The van der Waals surface area contributed by atoms with E-state index in [0.29, 0.717) is 22.3 Å². The van der Waals surface area contributed by atoms with Crippen molar-refractivity contribution in [3.63, 3.8) is 0 Å². The highest BCUT2D eigenvalue weighted by atomic mass is 32.2. The third-order valence-electron chi connectivity index (χ3n) is 4.77. The number of nitrogens with zero attached hydrogens (tertiary/aromatic N) is 3. The highest BCUT2D eigenvalue weighted by molar-refractivity contribution is 8.26. The fourth-order valence-corrected chi connectivity index (χ4v) is 4.78. The molecule has 146 valence electrons. The molecule has 1 aliphatic rings. The molecular weight excluding hydrogens is 406 g/mol. The van der Waals surface area contributed by atoms with E-state index in [-0.39, 0.29) is 11.6 Å². The summed E-state index contributed by atoms with van der Waals surface area (Å²) in [7, 11) is 0. The van der Waals surface area contributed by atoms with Crippen molar-refractivity contribution in [3.8, 4) is 0 Å². The first-order chi connectivity index (χ1) is 14.0. The van der Waals surface area contributed by atoms with Crippen LogP contribution >= 0.6 is 24.0 Å². The van der Waals surface area contributed by atoms with E-state index in [1.54, 1.807) is 17.0 Å². The largest absolute Gasteiger partial charge is 0.342 e. The first kappa shape index (κ1) is 19.4. The number of nitro benzene ring substituents is 1. The summed E-state index contributed by atoms with van der Waals surface area (Å²) in [5.74, 6) is -0.0713. The molecule has 4 rings (SSSR count). The van der Waals surface area contributed by atoms with Crippen LogP contribution in [0.3, 0.4) is 0 Å². The molecule has 3 aromatic rings. The Morgan fingerprint density at radius 1 is 1.21 bits per heavy atom. The standard InChI is InChI=1S/C21H17N3O3S2/c1-2-23-20(25)19(29-21(23)28)11-15-13-22(18-9-4-3-8-17(15)18)12-14-6-5-7-16(10-14)24(26)27/h3-11,13H,2,12H2,1H3/b19-11-. The Labute approximate surface area is 177 Å². The van der Waals surface area contributed by atoms with Crippen LogP contribution in [0.15, 0.2) is 59.6 Å². The molecule has 0 N–H and O–H groups in total. The quantitative estimate of drug-likeness (QED) is 0.255. The van der Waals surface area contributed by atoms with Gasteiger partial charge in [-0.2, -0.15) is 0 Å². The van der Waals surface area contributed by atoms with Gasteiger partial charge in [-0.1, -0.05) is 54.3 Å². The zero-order chi connectivity index (χ0) is 20.5.